The van der Waals surface area contributed by atoms with Crippen LogP contribution < -0.4 is 5.32 Å². The Bertz CT molecular complexity index is 886. The van der Waals surface area contributed by atoms with Crippen molar-refractivity contribution < 1.29 is 24.0 Å². The number of aliphatic carboxylic acids is 1. The Morgan fingerprint density at radius 3 is 2.06 bits per heavy atom. The van der Waals surface area contributed by atoms with Gasteiger partial charge in [0, 0.05) is 6.04 Å². The van der Waals surface area contributed by atoms with Crippen LogP contribution in [-0.2, 0) is 20.5 Å². The molecule has 0 radical (unpaired) electrons. The van der Waals surface area contributed by atoms with Crippen LogP contribution in [0.15, 0.2) is 54.6 Å². The van der Waals surface area contributed by atoms with Crippen molar-refractivity contribution in [3.63, 3.8) is 0 Å². The predicted octanol–water partition coefficient (Wildman–Crippen LogP) is 7.26. The SMILES string of the molecule is CC.CC(C)(C)OC(=O)N[C@H](Cc1ccc(-c2ccccc2)cc1)C[C@@](C)(COPI)C(=O)O. The maximum Gasteiger partial charge on any atom is 0.407 e. The molecular weight excluding hydrogens is 564 g/mol. The Kier molecular flexibility index (Phi) is 13.1. The van der Waals surface area contributed by atoms with Crippen molar-refractivity contribution in [2.75, 3.05) is 6.61 Å². The van der Waals surface area contributed by atoms with E-state index in [4.69, 9.17) is 9.26 Å². The van der Waals surface area contributed by atoms with Gasteiger partial charge in [-0.25, -0.2) is 4.79 Å². The molecule has 8 heteroatoms. The number of carboxylic acids is 1. The molecule has 2 rings (SSSR count). The number of ether oxygens (including phenoxy) is 1. The number of carboxylic acid groups (broad SMARTS) is 1. The summed E-state index contributed by atoms with van der Waals surface area (Å²) in [5.74, 6) is -0.956. The molecule has 0 aliphatic heterocycles. The summed E-state index contributed by atoms with van der Waals surface area (Å²) in [5.41, 5.74) is 1.43. The van der Waals surface area contributed by atoms with Crippen molar-refractivity contribution in [3.8, 4) is 11.1 Å². The van der Waals surface area contributed by atoms with Gasteiger partial charge in [-0.3, -0.25) is 4.79 Å². The molecule has 0 bridgehead atoms. The number of alkyl carbamates (subject to hydrolysis) is 1. The van der Waals surface area contributed by atoms with Crippen LogP contribution in [0.5, 0.6) is 0 Å². The minimum Gasteiger partial charge on any atom is -0.481 e. The Morgan fingerprint density at radius 1 is 1.00 bits per heavy atom. The molecule has 0 heterocycles. The number of halogens is 1. The summed E-state index contributed by atoms with van der Waals surface area (Å²) in [5, 5.41) is 12.7. The van der Waals surface area contributed by atoms with Crippen molar-refractivity contribution in [1.82, 2.24) is 5.32 Å². The third-order valence-electron chi connectivity index (χ3n) is 4.92. The van der Waals surface area contributed by atoms with Crippen molar-refractivity contribution in [2.24, 2.45) is 5.41 Å². The van der Waals surface area contributed by atoms with Crippen molar-refractivity contribution in [1.29, 1.82) is 0 Å². The van der Waals surface area contributed by atoms with E-state index in [-0.39, 0.29) is 19.5 Å². The van der Waals surface area contributed by atoms with Gasteiger partial charge in [-0.2, -0.15) is 0 Å². The number of carbonyl (C=O) groups excluding carboxylic acids is 1. The highest BCUT2D eigenvalue weighted by Gasteiger charge is 2.37. The number of carbonyl (C=O) groups is 2. The van der Waals surface area contributed by atoms with Gasteiger partial charge >= 0.3 is 12.1 Å². The van der Waals surface area contributed by atoms with Crippen LogP contribution in [-0.4, -0.2) is 35.4 Å². The quantitative estimate of drug-likeness (QED) is 0.221. The summed E-state index contributed by atoms with van der Waals surface area (Å²) >= 11 is 2.07. The molecule has 6 nitrogen and oxygen atoms in total. The predicted molar refractivity (Wildman–Crippen MR) is 149 cm³/mol. The lowest BCUT2D eigenvalue weighted by Gasteiger charge is -2.30. The first kappa shape index (κ1) is 30.3. The second kappa shape index (κ2) is 14.6. The zero-order valence-electron chi connectivity index (χ0n) is 20.9. The second-order valence-corrected chi connectivity index (χ2v) is 10.8. The topological polar surface area (TPSA) is 84.9 Å². The van der Waals surface area contributed by atoms with Gasteiger partial charge < -0.3 is 19.7 Å². The fraction of sp³-hybridized carbons (Fsp3) is 0.462. The molecule has 0 saturated heterocycles. The van der Waals surface area contributed by atoms with Crippen molar-refractivity contribution in [2.45, 2.75) is 66.0 Å². The minimum absolute atomic E-state index is 0.0726. The maximum atomic E-state index is 12.5. The van der Waals surface area contributed by atoms with Gasteiger partial charge in [-0.05, 0) is 79.3 Å². The Hall–Kier alpha value is -1.70. The minimum atomic E-state index is -1.14. The van der Waals surface area contributed by atoms with E-state index in [1.165, 1.54) is 0 Å². The molecule has 0 spiro atoms. The van der Waals surface area contributed by atoms with Crippen LogP contribution >= 0.6 is 28.5 Å². The first-order valence-electron chi connectivity index (χ1n) is 11.4. The molecule has 2 aromatic rings. The summed E-state index contributed by atoms with van der Waals surface area (Å²) in [4.78, 5) is 24.5. The molecule has 0 aromatic heterocycles. The summed E-state index contributed by atoms with van der Waals surface area (Å²) in [6.07, 6.45) is 0.125. The largest absolute Gasteiger partial charge is 0.481 e. The normalized spacial score (nSPS) is 14.0. The van der Waals surface area contributed by atoms with Gasteiger partial charge in [-0.1, -0.05) is 68.4 Å². The van der Waals surface area contributed by atoms with Gasteiger partial charge in [0.05, 0.1) is 18.5 Å². The van der Waals surface area contributed by atoms with Gasteiger partial charge in [0.25, 0.3) is 0 Å². The second-order valence-electron chi connectivity index (χ2n) is 9.05. The number of hydrogen-bond acceptors (Lipinski definition) is 4. The van der Waals surface area contributed by atoms with Gasteiger partial charge in [0.15, 0.2) is 0 Å². The molecule has 188 valence electrons. The lowest BCUT2D eigenvalue weighted by molar-refractivity contribution is -0.150. The highest BCUT2D eigenvalue weighted by molar-refractivity contribution is 14.2. The molecule has 2 aromatic carbocycles. The van der Waals surface area contributed by atoms with Gasteiger partial charge in [-0.15, -0.1) is 0 Å². The smallest absolute Gasteiger partial charge is 0.407 e. The average molecular weight is 601 g/mol. The van der Waals surface area contributed by atoms with Gasteiger partial charge in [0.1, 0.15) is 5.60 Å². The van der Waals surface area contributed by atoms with E-state index in [0.717, 1.165) is 16.7 Å². The summed E-state index contributed by atoms with van der Waals surface area (Å²) < 4.78 is 10.9. The van der Waals surface area contributed by atoms with Crippen LogP contribution in [0.3, 0.4) is 0 Å². The van der Waals surface area contributed by atoms with E-state index in [1.807, 2.05) is 68.4 Å². The molecule has 2 N–H and O–H groups in total. The summed E-state index contributed by atoms with van der Waals surface area (Å²) in [6.45, 7) is 11.3. The van der Waals surface area contributed by atoms with E-state index in [2.05, 4.69) is 27.4 Å². The molecule has 1 amide bonds. The van der Waals surface area contributed by atoms with Crippen molar-refractivity contribution >= 4 is 40.6 Å². The molecule has 0 aliphatic carbocycles. The zero-order chi connectivity index (χ0) is 25.8. The number of hydrogen-bond donors (Lipinski definition) is 2. The first-order valence-corrected chi connectivity index (χ1v) is 15.4. The lowest BCUT2D eigenvalue weighted by Crippen LogP contribution is -2.45. The van der Waals surface area contributed by atoms with Gasteiger partial charge in [0.2, 0.25) is 0 Å². The first-order chi connectivity index (χ1) is 16.0. The van der Waals surface area contributed by atoms with E-state index in [0.29, 0.717) is 6.42 Å². The number of benzene rings is 2. The zero-order valence-corrected chi connectivity index (χ0v) is 24.0. The molecule has 34 heavy (non-hydrogen) atoms. The third-order valence-corrected chi connectivity index (χ3v) is 6.11. The Morgan fingerprint density at radius 2 is 1.56 bits per heavy atom. The fourth-order valence-electron chi connectivity index (χ4n) is 3.34. The highest BCUT2D eigenvalue weighted by atomic mass is 127. The van der Waals surface area contributed by atoms with Crippen molar-refractivity contribution in [3.05, 3.63) is 60.2 Å². The number of rotatable bonds is 10. The standard InChI is InChI=1S/C24H31INO5P.C2H6/c1-23(2,3)31-22(29)26-20(15-24(4,21(27)28)16-30-32-25)14-17-10-12-19(13-11-17)18-8-6-5-7-9-18;1-2/h5-13,20,32H,14-16H2,1-4H3,(H,26,29)(H,27,28);1-2H3/t20-,24+;/m1./s1. The van der Waals surface area contributed by atoms with Crippen LogP contribution in [0.4, 0.5) is 4.79 Å². The Balaban J connectivity index is 0.00000281. The number of nitrogens with one attached hydrogen (secondary N) is 1. The molecule has 0 aliphatic rings. The van der Waals surface area contributed by atoms with E-state index in [9.17, 15) is 14.7 Å². The summed E-state index contributed by atoms with van der Waals surface area (Å²) in [7, 11) is 0. The molecule has 0 fully saturated rings. The van der Waals surface area contributed by atoms with Crippen LogP contribution in [0.2, 0.25) is 0 Å². The van der Waals surface area contributed by atoms with Crippen LogP contribution in [0.1, 0.15) is 53.5 Å². The maximum absolute atomic E-state index is 12.5. The number of amides is 1. The lowest BCUT2D eigenvalue weighted by atomic mass is 9.82. The van der Waals surface area contributed by atoms with E-state index < -0.39 is 29.1 Å². The van der Waals surface area contributed by atoms with E-state index >= 15 is 0 Å². The van der Waals surface area contributed by atoms with E-state index in [1.54, 1.807) is 27.7 Å². The van der Waals surface area contributed by atoms with Crippen LogP contribution in [0, 0.1) is 5.41 Å². The van der Waals surface area contributed by atoms with Crippen LogP contribution in [0.25, 0.3) is 11.1 Å². The molecular formula is C26H37INO5P. The fourth-order valence-corrected chi connectivity index (χ4v) is 4.18. The highest BCUT2D eigenvalue weighted by Crippen LogP contribution is 2.32. The molecule has 1 unspecified atom stereocenters. The molecule has 3 atom stereocenters. The average Bonchev–Trinajstić information content (AvgIpc) is 2.78. The summed E-state index contributed by atoms with van der Waals surface area (Å²) in [6, 6.07) is 17.7. The monoisotopic (exact) mass is 601 g/mol. The third kappa shape index (κ3) is 10.7. The molecule has 0 saturated carbocycles. The Labute approximate surface area is 218 Å².